The lowest BCUT2D eigenvalue weighted by atomic mass is 10.2. The molecule has 140 valence electrons. The summed E-state index contributed by atoms with van der Waals surface area (Å²) in [7, 11) is 5.16. The van der Waals surface area contributed by atoms with Gasteiger partial charge in [-0.3, -0.25) is 9.69 Å². The minimum Gasteiger partial charge on any atom is -0.497 e. The topological polar surface area (TPSA) is 71.9 Å². The summed E-state index contributed by atoms with van der Waals surface area (Å²) in [5, 5.41) is 2.92. The van der Waals surface area contributed by atoms with E-state index in [9.17, 15) is 4.79 Å². The summed E-state index contributed by atoms with van der Waals surface area (Å²) in [6.07, 6.45) is 3.74. The van der Waals surface area contributed by atoms with Crippen molar-refractivity contribution in [1.82, 2.24) is 14.5 Å². The molecule has 0 unspecified atom stereocenters. The summed E-state index contributed by atoms with van der Waals surface area (Å²) in [5.41, 5.74) is 0.614. The molecular formula is C18H25N5O3. The van der Waals surface area contributed by atoms with Crippen LogP contribution in [0.4, 0.5) is 11.6 Å². The quantitative estimate of drug-likeness (QED) is 0.836. The number of carbonyl (C=O) groups excluding carboxylic acids is 1. The van der Waals surface area contributed by atoms with Crippen LogP contribution in [0.25, 0.3) is 0 Å². The van der Waals surface area contributed by atoms with Crippen LogP contribution in [-0.2, 0) is 11.8 Å². The number of amides is 1. The van der Waals surface area contributed by atoms with Gasteiger partial charge in [0.2, 0.25) is 11.9 Å². The summed E-state index contributed by atoms with van der Waals surface area (Å²) < 4.78 is 12.5. The zero-order valence-electron chi connectivity index (χ0n) is 15.4. The van der Waals surface area contributed by atoms with Gasteiger partial charge in [-0.05, 0) is 12.1 Å². The lowest BCUT2D eigenvalue weighted by Gasteiger charge is -2.34. The average molecular weight is 359 g/mol. The fraction of sp³-hybridized carbons (Fsp3) is 0.444. The van der Waals surface area contributed by atoms with Crippen LogP contribution in [0.1, 0.15) is 0 Å². The van der Waals surface area contributed by atoms with Crippen molar-refractivity contribution in [2.75, 3.05) is 57.2 Å². The molecule has 1 amide bonds. The van der Waals surface area contributed by atoms with Crippen molar-refractivity contribution < 1.29 is 14.3 Å². The lowest BCUT2D eigenvalue weighted by molar-refractivity contribution is -0.117. The van der Waals surface area contributed by atoms with Crippen LogP contribution in [0.15, 0.2) is 30.6 Å². The molecule has 1 aromatic heterocycles. The maximum atomic E-state index is 12.4. The summed E-state index contributed by atoms with van der Waals surface area (Å²) in [4.78, 5) is 21.2. The summed E-state index contributed by atoms with van der Waals surface area (Å²) >= 11 is 0. The molecule has 0 spiro atoms. The number of benzene rings is 1. The minimum atomic E-state index is -0.0676. The van der Waals surface area contributed by atoms with E-state index in [-0.39, 0.29) is 5.91 Å². The normalized spacial score (nSPS) is 15.0. The van der Waals surface area contributed by atoms with Crippen LogP contribution in [0.5, 0.6) is 11.5 Å². The van der Waals surface area contributed by atoms with Crippen LogP contribution in [0, 0.1) is 0 Å². The molecule has 0 radical (unpaired) electrons. The third-order valence-corrected chi connectivity index (χ3v) is 4.50. The maximum absolute atomic E-state index is 12.4. The highest BCUT2D eigenvalue weighted by molar-refractivity contribution is 5.94. The molecule has 2 heterocycles. The molecule has 26 heavy (non-hydrogen) atoms. The number of anilines is 2. The van der Waals surface area contributed by atoms with Gasteiger partial charge in [0.1, 0.15) is 11.5 Å². The third kappa shape index (κ3) is 4.08. The minimum absolute atomic E-state index is 0.0676. The largest absolute Gasteiger partial charge is 0.497 e. The zero-order chi connectivity index (χ0) is 18.5. The van der Waals surface area contributed by atoms with Crippen LogP contribution >= 0.6 is 0 Å². The Morgan fingerprint density at radius 1 is 1.19 bits per heavy atom. The van der Waals surface area contributed by atoms with Gasteiger partial charge < -0.3 is 24.3 Å². The standard InChI is InChI=1S/C18H25N5O3/c1-21-7-6-19-18(21)23-10-8-22(9-11-23)13-17(24)20-15-12-14(25-2)4-5-16(15)26-3/h4-7,12H,8-11,13H2,1-3H3,(H,20,24). The highest BCUT2D eigenvalue weighted by Gasteiger charge is 2.21. The number of hydrogen-bond acceptors (Lipinski definition) is 6. The van der Waals surface area contributed by atoms with Crippen LogP contribution in [0.2, 0.25) is 0 Å². The first-order valence-electron chi connectivity index (χ1n) is 8.57. The van der Waals surface area contributed by atoms with Crippen molar-refractivity contribution in [3.8, 4) is 11.5 Å². The molecule has 2 aromatic rings. The Balaban J connectivity index is 1.54. The number of aryl methyl sites for hydroxylation is 1. The Labute approximate surface area is 153 Å². The summed E-state index contributed by atoms with van der Waals surface area (Å²) in [5.74, 6) is 2.18. The first-order chi connectivity index (χ1) is 12.6. The van der Waals surface area contributed by atoms with Gasteiger partial charge in [0.25, 0.3) is 0 Å². The Kier molecular flexibility index (Phi) is 5.62. The number of carbonyl (C=O) groups is 1. The number of ether oxygens (including phenoxy) is 2. The predicted octanol–water partition coefficient (Wildman–Crippen LogP) is 1.20. The molecule has 0 saturated carbocycles. The molecule has 0 bridgehead atoms. The number of methoxy groups -OCH3 is 2. The number of imidazole rings is 1. The van der Waals surface area contributed by atoms with Gasteiger partial charge in [-0.15, -0.1) is 0 Å². The van der Waals surface area contributed by atoms with Crippen LogP contribution in [-0.4, -0.2) is 67.3 Å². The van der Waals surface area contributed by atoms with Crippen molar-refractivity contribution in [3.63, 3.8) is 0 Å². The second-order valence-corrected chi connectivity index (χ2v) is 6.22. The Hall–Kier alpha value is -2.74. The van der Waals surface area contributed by atoms with Gasteiger partial charge >= 0.3 is 0 Å². The molecular weight excluding hydrogens is 334 g/mol. The van der Waals surface area contributed by atoms with Gasteiger partial charge in [0.05, 0.1) is 26.5 Å². The second kappa shape index (κ2) is 8.09. The van der Waals surface area contributed by atoms with E-state index in [2.05, 4.69) is 20.1 Å². The molecule has 8 nitrogen and oxygen atoms in total. The maximum Gasteiger partial charge on any atom is 0.238 e. The van der Waals surface area contributed by atoms with E-state index in [1.54, 1.807) is 38.6 Å². The van der Waals surface area contributed by atoms with Crippen molar-refractivity contribution in [3.05, 3.63) is 30.6 Å². The monoisotopic (exact) mass is 359 g/mol. The fourth-order valence-corrected chi connectivity index (χ4v) is 3.07. The number of rotatable bonds is 6. The SMILES string of the molecule is COc1ccc(OC)c(NC(=O)CN2CCN(c3nccn3C)CC2)c1. The Bertz CT molecular complexity index is 753. The molecule has 1 saturated heterocycles. The van der Waals surface area contributed by atoms with Crippen LogP contribution < -0.4 is 19.7 Å². The summed E-state index contributed by atoms with van der Waals surface area (Å²) in [6.45, 7) is 3.67. The fourth-order valence-electron chi connectivity index (χ4n) is 3.07. The Morgan fingerprint density at radius 2 is 1.96 bits per heavy atom. The first-order valence-corrected chi connectivity index (χ1v) is 8.57. The van der Waals surface area contributed by atoms with Gasteiger partial charge in [-0.25, -0.2) is 4.98 Å². The van der Waals surface area contributed by atoms with E-state index in [0.717, 1.165) is 32.1 Å². The smallest absolute Gasteiger partial charge is 0.238 e. The van der Waals surface area contributed by atoms with E-state index in [1.165, 1.54) is 0 Å². The predicted molar refractivity (Wildman–Crippen MR) is 100 cm³/mol. The number of aromatic nitrogens is 2. The third-order valence-electron chi connectivity index (χ3n) is 4.50. The molecule has 1 aliphatic heterocycles. The van der Waals surface area contributed by atoms with Gasteiger partial charge in [0.15, 0.2) is 0 Å². The molecule has 3 rings (SSSR count). The molecule has 1 aromatic carbocycles. The highest BCUT2D eigenvalue weighted by Crippen LogP contribution is 2.28. The molecule has 1 fully saturated rings. The second-order valence-electron chi connectivity index (χ2n) is 6.22. The molecule has 0 atom stereocenters. The molecule has 1 N–H and O–H groups in total. The van der Waals surface area contributed by atoms with Crippen LogP contribution in [0.3, 0.4) is 0 Å². The summed E-state index contributed by atoms with van der Waals surface area (Å²) in [6, 6.07) is 5.33. The lowest BCUT2D eigenvalue weighted by Crippen LogP contribution is -2.49. The first kappa shape index (κ1) is 18.1. The van der Waals surface area contributed by atoms with Gasteiger partial charge in [-0.1, -0.05) is 0 Å². The number of nitrogens with zero attached hydrogens (tertiary/aromatic N) is 4. The van der Waals surface area contributed by atoms with E-state index in [4.69, 9.17) is 9.47 Å². The van der Waals surface area contributed by atoms with E-state index >= 15 is 0 Å². The Morgan fingerprint density at radius 3 is 2.58 bits per heavy atom. The molecule has 0 aliphatic carbocycles. The van der Waals surface area contributed by atoms with Crippen molar-refractivity contribution >= 4 is 17.5 Å². The van der Waals surface area contributed by atoms with Gasteiger partial charge in [-0.2, -0.15) is 0 Å². The van der Waals surface area contributed by atoms with E-state index < -0.39 is 0 Å². The van der Waals surface area contributed by atoms with Gasteiger partial charge in [0, 0.05) is 51.7 Å². The van der Waals surface area contributed by atoms with Crippen molar-refractivity contribution in [1.29, 1.82) is 0 Å². The van der Waals surface area contributed by atoms with E-state index in [0.29, 0.717) is 23.7 Å². The highest BCUT2D eigenvalue weighted by atomic mass is 16.5. The number of nitrogens with one attached hydrogen (secondary N) is 1. The zero-order valence-corrected chi connectivity index (χ0v) is 15.4. The van der Waals surface area contributed by atoms with Crippen molar-refractivity contribution in [2.45, 2.75) is 0 Å². The molecule has 8 heteroatoms. The number of hydrogen-bond donors (Lipinski definition) is 1. The van der Waals surface area contributed by atoms with E-state index in [1.807, 2.05) is 17.8 Å². The average Bonchev–Trinajstić information content (AvgIpc) is 3.08. The number of piperazine rings is 1. The van der Waals surface area contributed by atoms with Crippen molar-refractivity contribution in [2.24, 2.45) is 7.05 Å². The molecule has 1 aliphatic rings.